The van der Waals surface area contributed by atoms with Gasteiger partial charge in [-0.05, 0) is 119 Å². The van der Waals surface area contributed by atoms with Gasteiger partial charge in [-0.3, -0.25) is 0 Å². The fourth-order valence-electron chi connectivity index (χ4n) is 10.0. The van der Waals surface area contributed by atoms with Crippen LogP contribution < -0.4 is 0 Å². The molecule has 4 aliphatic carbocycles. The summed E-state index contributed by atoms with van der Waals surface area (Å²) in [5, 5.41) is 10.3. The van der Waals surface area contributed by atoms with E-state index in [1.54, 1.807) is 26.0 Å². The second-order valence-electron chi connectivity index (χ2n) is 14.9. The summed E-state index contributed by atoms with van der Waals surface area (Å²) >= 11 is 0. The number of aryl methyl sites for hydroxylation is 1. The Morgan fingerprint density at radius 2 is 1.79 bits per heavy atom. The molecule has 0 aliphatic heterocycles. The fourth-order valence-corrected chi connectivity index (χ4v) is 12.3. The number of fused-ring (bicyclic) bond motifs is 5. The number of alkyl halides is 1. The Labute approximate surface area is 237 Å². The molecule has 3 nitrogen and oxygen atoms in total. The highest BCUT2D eigenvalue weighted by molar-refractivity contribution is 7.92. The monoisotopic (exact) mass is 558 g/mol. The minimum Gasteiger partial charge on any atom is -0.393 e. The van der Waals surface area contributed by atoms with E-state index in [1.165, 1.54) is 18.4 Å². The number of benzene rings is 1. The largest absolute Gasteiger partial charge is 0.393 e. The van der Waals surface area contributed by atoms with E-state index in [1.807, 2.05) is 19.1 Å². The van der Waals surface area contributed by atoms with E-state index in [0.29, 0.717) is 53.7 Å². The summed E-state index contributed by atoms with van der Waals surface area (Å²) in [4.78, 5) is 0.391. The Kier molecular flexibility index (Phi) is 7.71. The molecule has 1 aromatic carbocycles. The quantitative estimate of drug-likeness (QED) is 0.343. The van der Waals surface area contributed by atoms with Crippen LogP contribution >= 0.6 is 0 Å². The highest BCUT2D eigenvalue weighted by atomic mass is 32.2. The van der Waals surface area contributed by atoms with Crippen molar-refractivity contribution in [2.24, 2.45) is 40.4 Å². The molecule has 9 atom stereocenters. The van der Waals surface area contributed by atoms with E-state index in [2.05, 4.69) is 26.8 Å². The molecule has 0 radical (unpaired) electrons. The van der Waals surface area contributed by atoms with Crippen molar-refractivity contribution in [3.8, 4) is 0 Å². The molecule has 0 bridgehead atoms. The lowest BCUT2D eigenvalue weighted by molar-refractivity contribution is -0.0558. The average Bonchev–Trinajstić information content (AvgIpc) is 3.21. The van der Waals surface area contributed by atoms with E-state index in [0.717, 1.165) is 37.7 Å². The summed E-state index contributed by atoms with van der Waals surface area (Å²) in [6, 6.07) is 7.28. The molecule has 1 aromatic rings. The lowest BCUT2D eigenvalue weighted by atomic mass is 9.46. The van der Waals surface area contributed by atoms with Gasteiger partial charge in [-0.15, -0.1) is 0 Å². The van der Waals surface area contributed by atoms with Crippen molar-refractivity contribution in [1.29, 1.82) is 0 Å². The molecule has 5 rings (SSSR count). The standard InChI is InChI=1S/C34H51FO3S/c1-22-9-12-26(13-10-22)39(37,38)31-21-25(36)20-24-11-14-27-29-16-15-28(23(2)8-7-18-32(3,4)35)33(29,5)19-17-30(27)34(24,31)6/h9-13,23,25,27-31,36H,7-8,14-21H2,1-6H3/t23-,25-,27+,28-,29+,30+,31?,33-,34+/m1/s1. The summed E-state index contributed by atoms with van der Waals surface area (Å²) in [7, 11) is -3.61. The second-order valence-corrected chi connectivity index (χ2v) is 17.0. The van der Waals surface area contributed by atoms with E-state index >= 15 is 0 Å². The van der Waals surface area contributed by atoms with Gasteiger partial charge in [0.1, 0.15) is 5.67 Å². The van der Waals surface area contributed by atoms with Crippen molar-refractivity contribution < 1.29 is 17.9 Å². The van der Waals surface area contributed by atoms with Crippen molar-refractivity contribution in [3.63, 3.8) is 0 Å². The van der Waals surface area contributed by atoms with Gasteiger partial charge in [0, 0.05) is 5.41 Å². The molecule has 3 fully saturated rings. The number of halogens is 1. The van der Waals surface area contributed by atoms with Crippen molar-refractivity contribution >= 4 is 9.84 Å². The van der Waals surface area contributed by atoms with Crippen LogP contribution in [0.25, 0.3) is 0 Å². The van der Waals surface area contributed by atoms with Crippen LogP contribution in [0.3, 0.4) is 0 Å². The van der Waals surface area contributed by atoms with E-state index < -0.39 is 32.3 Å². The summed E-state index contributed by atoms with van der Waals surface area (Å²) in [6.07, 6.45) is 11.0. The zero-order valence-electron chi connectivity index (χ0n) is 25.0. The molecule has 218 valence electrons. The van der Waals surface area contributed by atoms with Gasteiger partial charge in [-0.25, -0.2) is 12.8 Å². The maximum absolute atomic E-state index is 14.2. The van der Waals surface area contributed by atoms with Gasteiger partial charge in [0.2, 0.25) is 0 Å². The third-order valence-corrected chi connectivity index (χ3v) is 14.4. The Hall–Kier alpha value is -1.20. The number of hydrogen-bond acceptors (Lipinski definition) is 3. The van der Waals surface area contributed by atoms with Gasteiger partial charge in [0.15, 0.2) is 9.84 Å². The van der Waals surface area contributed by atoms with Crippen LogP contribution in [0.5, 0.6) is 0 Å². The molecule has 0 saturated heterocycles. The number of aliphatic hydroxyl groups excluding tert-OH is 1. The maximum atomic E-state index is 14.2. The van der Waals surface area contributed by atoms with Crippen LogP contribution in [0.4, 0.5) is 4.39 Å². The summed E-state index contributed by atoms with van der Waals surface area (Å²) in [6.45, 7) is 12.5. The number of allylic oxidation sites excluding steroid dienone is 1. The number of sulfone groups is 1. The first-order chi connectivity index (χ1) is 18.2. The highest BCUT2D eigenvalue weighted by Gasteiger charge is 2.62. The number of aliphatic hydroxyl groups is 1. The van der Waals surface area contributed by atoms with Crippen molar-refractivity contribution in [1.82, 2.24) is 0 Å². The topological polar surface area (TPSA) is 54.4 Å². The lowest BCUT2D eigenvalue weighted by Gasteiger charge is -2.60. The van der Waals surface area contributed by atoms with Gasteiger partial charge >= 0.3 is 0 Å². The van der Waals surface area contributed by atoms with Crippen LogP contribution in [0, 0.1) is 47.3 Å². The van der Waals surface area contributed by atoms with Crippen LogP contribution in [-0.2, 0) is 9.84 Å². The molecule has 5 heteroatoms. The van der Waals surface area contributed by atoms with Crippen molar-refractivity contribution in [2.75, 3.05) is 0 Å². The predicted molar refractivity (Wildman–Crippen MR) is 157 cm³/mol. The van der Waals surface area contributed by atoms with Crippen LogP contribution in [-0.4, -0.2) is 30.5 Å². The molecule has 0 amide bonds. The smallest absolute Gasteiger partial charge is 0.182 e. The molecule has 39 heavy (non-hydrogen) atoms. The van der Waals surface area contributed by atoms with Gasteiger partial charge < -0.3 is 5.11 Å². The number of rotatable bonds is 7. The van der Waals surface area contributed by atoms with Crippen molar-refractivity contribution in [2.45, 2.75) is 128 Å². The third-order valence-electron chi connectivity index (χ3n) is 12.1. The van der Waals surface area contributed by atoms with Gasteiger partial charge in [0.05, 0.1) is 16.2 Å². The van der Waals surface area contributed by atoms with Crippen LogP contribution in [0.2, 0.25) is 0 Å². The average molecular weight is 559 g/mol. The SMILES string of the molecule is Cc1ccc(S(=O)(=O)C2C[C@H](O)CC3=CC[C@H]4[C@@H]5CC[C@H]([C@H](C)CCCC(C)(C)F)[C@@]5(C)CC[C@@H]4[C@]32C)cc1. The summed E-state index contributed by atoms with van der Waals surface area (Å²) in [5.74, 6) is 2.67. The maximum Gasteiger partial charge on any atom is 0.182 e. The minimum absolute atomic E-state index is 0.271. The number of hydrogen-bond donors (Lipinski definition) is 1. The Morgan fingerprint density at radius 1 is 1.10 bits per heavy atom. The first-order valence-corrected chi connectivity index (χ1v) is 17.1. The Balaban J connectivity index is 1.43. The van der Waals surface area contributed by atoms with E-state index in [-0.39, 0.29) is 5.41 Å². The van der Waals surface area contributed by atoms with Gasteiger partial charge in [-0.2, -0.15) is 0 Å². The summed E-state index contributed by atoms with van der Waals surface area (Å²) in [5.41, 5.74) is 0.969. The van der Waals surface area contributed by atoms with E-state index in [4.69, 9.17) is 0 Å². The van der Waals surface area contributed by atoms with Gasteiger partial charge in [-0.1, -0.05) is 63.0 Å². The molecule has 0 heterocycles. The minimum atomic E-state index is -3.61. The summed E-state index contributed by atoms with van der Waals surface area (Å²) < 4.78 is 42.6. The molecule has 0 spiro atoms. The van der Waals surface area contributed by atoms with Crippen molar-refractivity contribution in [3.05, 3.63) is 41.5 Å². The first-order valence-electron chi connectivity index (χ1n) is 15.5. The second kappa shape index (κ2) is 10.3. The molecule has 3 saturated carbocycles. The van der Waals surface area contributed by atoms with Crippen LogP contribution in [0.15, 0.2) is 40.8 Å². The Bertz CT molecular complexity index is 1180. The highest BCUT2D eigenvalue weighted by Crippen LogP contribution is 2.68. The molecule has 1 N–H and O–H groups in total. The van der Waals surface area contributed by atoms with Crippen LogP contribution in [0.1, 0.15) is 104 Å². The normalized spacial score (nSPS) is 39.3. The zero-order chi connectivity index (χ0) is 28.4. The molecule has 0 aromatic heterocycles. The molecular formula is C34H51FO3S. The first kappa shape index (κ1) is 29.3. The fraction of sp³-hybridized carbons (Fsp3) is 0.765. The van der Waals surface area contributed by atoms with E-state index in [9.17, 15) is 17.9 Å². The Morgan fingerprint density at radius 3 is 2.46 bits per heavy atom. The third kappa shape index (κ3) is 5.07. The predicted octanol–water partition coefficient (Wildman–Crippen LogP) is 8.24. The molecule has 1 unspecified atom stereocenters. The molecular weight excluding hydrogens is 507 g/mol. The van der Waals surface area contributed by atoms with Gasteiger partial charge in [0.25, 0.3) is 0 Å². The molecule has 4 aliphatic rings. The zero-order valence-corrected chi connectivity index (χ0v) is 25.9. The lowest BCUT2D eigenvalue weighted by Crippen LogP contribution is -2.57.